The Bertz CT molecular complexity index is 8940. The molecule has 0 radical (unpaired) electrons. The van der Waals surface area contributed by atoms with E-state index in [1.807, 2.05) is 0 Å². The van der Waals surface area contributed by atoms with Crippen LogP contribution in [0.1, 0.15) is 0 Å². The molecule has 0 aliphatic heterocycles. The van der Waals surface area contributed by atoms with Gasteiger partial charge in [-0.3, -0.25) is 0 Å². The maximum absolute atomic E-state index is 2.43. The van der Waals surface area contributed by atoms with Crippen molar-refractivity contribution >= 4 is 151 Å². The van der Waals surface area contributed by atoms with E-state index in [1.165, 1.54) is 251 Å². The molecule has 0 saturated carbocycles. The van der Waals surface area contributed by atoms with Crippen molar-refractivity contribution in [1.82, 2.24) is 0 Å². The second kappa shape index (κ2) is 31.9. The van der Waals surface area contributed by atoms with Crippen LogP contribution < -0.4 is 0 Å². The van der Waals surface area contributed by atoms with Crippen LogP contribution in [0, 0.1) is 0 Å². The minimum atomic E-state index is 1.23. The van der Waals surface area contributed by atoms with Crippen LogP contribution in [0.5, 0.6) is 0 Å². The van der Waals surface area contributed by atoms with Crippen LogP contribution in [-0.2, 0) is 0 Å². The fourth-order valence-corrected chi connectivity index (χ4v) is 20.5. The van der Waals surface area contributed by atoms with Crippen LogP contribution in [-0.4, -0.2) is 0 Å². The summed E-state index contributed by atoms with van der Waals surface area (Å²) in [5.74, 6) is 0. The maximum Gasteiger partial charge on any atom is -0.00259 e. The van der Waals surface area contributed by atoms with E-state index in [2.05, 4.69) is 497 Å². The lowest BCUT2D eigenvalue weighted by atomic mass is 9.84. The van der Waals surface area contributed by atoms with Crippen molar-refractivity contribution < 1.29 is 0 Å². The van der Waals surface area contributed by atoms with Crippen molar-refractivity contribution in [2.24, 2.45) is 0 Å². The third kappa shape index (κ3) is 13.5. The molecule has 0 aliphatic carbocycles. The van der Waals surface area contributed by atoms with Gasteiger partial charge in [0.05, 0.1) is 0 Å². The molecule has 26 aromatic rings. The minimum absolute atomic E-state index is 1.23. The molecule has 0 amide bonds. The van der Waals surface area contributed by atoms with Gasteiger partial charge in [-0.15, -0.1) is 0 Å². The summed E-state index contributed by atoms with van der Waals surface area (Å²) in [4.78, 5) is 0. The number of benzene rings is 26. The molecule has 0 bridgehead atoms. The number of hydrogen-bond acceptors (Lipinski definition) is 0. The van der Waals surface area contributed by atoms with Crippen LogP contribution in [0.2, 0.25) is 0 Å². The molecule has 0 heteroatoms. The summed E-state index contributed by atoms with van der Waals surface area (Å²) in [5, 5.41) is 35.4. The molecule has 128 heavy (non-hydrogen) atoms. The second-order valence-electron chi connectivity index (χ2n) is 34.0. The zero-order chi connectivity index (χ0) is 84.5. The van der Waals surface area contributed by atoms with E-state index in [0.717, 1.165) is 0 Å². The van der Waals surface area contributed by atoms with E-state index in [0.29, 0.717) is 0 Å². The zero-order valence-corrected chi connectivity index (χ0v) is 70.3. The van der Waals surface area contributed by atoms with E-state index in [-0.39, 0.29) is 0 Å². The van der Waals surface area contributed by atoms with Crippen molar-refractivity contribution in [2.45, 2.75) is 0 Å². The summed E-state index contributed by atoms with van der Waals surface area (Å²) in [5.41, 5.74) is 22.6. The third-order valence-electron chi connectivity index (χ3n) is 26.6. The van der Waals surface area contributed by atoms with Gasteiger partial charge in [-0.05, 0) is 312 Å². The van der Waals surface area contributed by atoms with Gasteiger partial charge >= 0.3 is 0 Å². The van der Waals surface area contributed by atoms with Crippen molar-refractivity contribution in [3.8, 4) is 100 Å². The standard InChI is InChI=1S/2C44H28.C40H26/c1-4-12-32-25-35(20-17-29(32)9-1)36-23-24-41-42(28-36)44(38-22-19-31-11-3-6-14-34(31)27-38)40-16-8-7-15-39(40)43(41)37-21-18-30-10-2-5-13-33(30)26-37;1-3-13-32-26-35(22-20-29(32)10-1)43-39-17-7-8-18-40(39)44(36-23-21-30-11-2-4-14-33(30)27-36)42-28-34(24-25-41(42)43)38-19-9-15-31-12-5-6-16-37(31)38;1-2-10-27(11-3-1)32-22-23-37-38(26-32)40(34-21-19-29-13-5-7-15-31(29)25-34)36-17-9-8-16-35(36)39(37)33-20-18-28-12-4-6-14-30(28)24-33/h2*1-28H;1-26H. The average Bonchev–Trinajstić information content (AvgIpc) is 0.653. The highest BCUT2D eigenvalue weighted by atomic mass is 14.3. The Balaban J connectivity index is 0.000000107. The molecule has 0 unspecified atom stereocenters. The maximum atomic E-state index is 2.43. The predicted molar refractivity (Wildman–Crippen MR) is 553 cm³/mol. The lowest BCUT2D eigenvalue weighted by Gasteiger charge is -2.19. The van der Waals surface area contributed by atoms with Gasteiger partial charge in [-0.25, -0.2) is 0 Å². The Morgan fingerprint density at radius 3 is 0.570 bits per heavy atom. The van der Waals surface area contributed by atoms with Gasteiger partial charge in [0.2, 0.25) is 0 Å². The second-order valence-corrected chi connectivity index (χ2v) is 34.0. The summed E-state index contributed by atoms with van der Waals surface area (Å²) in [6.45, 7) is 0. The molecule has 0 spiro atoms. The molecule has 0 aromatic heterocycles. The summed E-state index contributed by atoms with van der Waals surface area (Å²) in [7, 11) is 0. The van der Waals surface area contributed by atoms with E-state index in [1.54, 1.807) is 0 Å². The largest absolute Gasteiger partial charge is 0.0622 e. The molecule has 594 valence electrons. The Kier molecular flexibility index (Phi) is 18.7. The van der Waals surface area contributed by atoms with Crippen molar-refractivity contribution in [3.63, 3.8) is 0 Å². The Morgan fingerprint density at radius 1 is 0.0781 bits per heavy atom. The molecule has 0 nitrogen and oxygen atoms in total. The SMILES string of the molecule is c1ccc(-c2ccc3c(-c4ccc5ccccc5c4)c4ccccc4c(-c4ccc5ccccc5c4)c3c2)cc1.c1ccc2cc(-c3c4ccccc4c(-c4ccc5ccccc5c4)c4cc(-c5cccc6ccccc56)ccc34)ccc2c1.c1ccc2cc(-c3ccc4c(-c5ccc6ccccc6c5)c5ccccc5c(-c5ccc6ccccc6c5)c4c3)ccc2c1. The molecular weight excluding hydrogens is 1540 g/mol. The quantitative estimate of drug-likeness (QED) is 0.126. The first-order valence-electron chi connectivity index (χ1n) is 44.4. The molecule has 0 saturated heterocycles. The molecule has 26 aromatic carbocycles. The molecule has 0 aliphatic rings. The van der Waals surface area contributed by atoms with Crippen molar-refractivity contribution in [1.29, 1.82) is 0 Å². The molecule has 0 N–H and O–H groups in total. The predicted octanol–water partition coefficient (Wildman–Crippen LogP) is 36.2. The monoisotopic (exact) mass is 1620 g/mol. The molecule has 0 heterocycles. The normalized spacial score (nSPS) is 11.6. The highest BCUT2D eigenvalue weighted by Crippen LogP contribution is 2.51. The lowest BCUT2D eigenvalue weighted by molar-refractivity contribution is 1.64. The van der Waals surface area contributed by atoms with E-state index in [9.17, 15) is 0 Å². The van der Waals surface area contributed by atoms with E-state index in [4.69, 9.17) is 0 Å². The smallest absolute Gasteiger partial charge is 0.00259 e. The van der Waals surface area contributed by atoms with Crippen LogP contribution >= 0.6 is 0 Å². The van der Waals surface area contributed by atoms with Gasteiger partial charge in [0, 0.05) is 0 Å². The van der Waals surface area contributed by atoms with E-state index >= 15 is 0 Å². The highest BCUT2D eigenvalue weighted by Gasteiger charge is 2.24. The highest BCUT2D eigenvalue weighted by molar-refractivity contribution is 6.26. The van der Waals surface area contributed by atoms with Crippen LogP contribution in [0.4, 0.5) is 0 Å². The average molecular weight is 1620 g/mol. The van der Waals surface area contributed by atoms with E-state index < -0.39 is 0 Å². The zero-order valence-electron chi connectivity index (χ0n) is 70.3. The number of fused-ring (bicyclic) bond motifs is 14. The topological polar surface area (TPSA) is 0 Å². The van der Waals surface area contributed by atoms with Crippen LogP contribution in [0.25, 0.3) is 251 Å². The van der Waals surface area contributed by atoms with Gasteiger partial charge in [-0.2, -0.15) is 0 Å². The summed E-state index contributed by atoms with van der Waals surface area (Å²) >= 11 is 0. The van der Waals surface area contributed by atoms with Gasteiger partial charge < -0.3 is 0 Å². The van der Waals surface area contributed by atoms with Crippen molar-refractivity contribution in [2.75, 3.05) is 0 Å². The Hall–Kier alpha value is -16.6. The van der Waals surface area contributed by atoms with Gasteiger partial charge in [0.15, 0.2) is 0 Å². The number of rotatable bonds is 9. The summed E-state index contributed by atoms with van der Waals surface area (Å²) in [6.07, 6.45) is 0. The summed E-state index contributed by atoms with van der Waals surface area (Å²) in [6, 6.07) is 183. The van der Waals surface area contributed by atoms with Gasteiger partial charge in [0.1, 0.15) is 0 Å². The minimum Gasteiger partial charge on any atom is -0.0622 e. The van der Waals surface area contributed by atoms with Gasteiger partial charge in [-0.1, -0.05) is 437 Å². The lowest BCUT2D eigenvalue weighted by Crippen LogP contribution is -1.92. The van der Waals surface area contributed by atoms with Crippen LogP contribution in [0.15, 0.2) is 497 Å². The van der Waals surface area contributed by atoms with Crippen LogP contribution in [0.3, 0.4) is 0 Å². The Labute approximate surface area is 743 Å². The first kappa shape index (κ1) is 75.1. The number of hydrogen-bond donors (Lipinski definition) is 0. The first-order valence-corrected chi connectivity index (χ1v) is 44.4. The fraction of sp³-hybridized carbons (Fsp3) is 0. The van der Waals surface area contributed by atoms with Crippen molar-refractivity contribution in [3.05, 3.63) is 497 Å². The van der Waals surface area contributed by atoms with Gasteiger partial charge in [0.25, 0.3) is 0 Å². The molecule has 0 atom stereocenters. The first-order chi connectivity index (χ1) is 63.4. The molecule has 26 rings (SSSR count). The third-order valence-corrected chi connectivity index (χ3v) is 26.6. The Morgan fingerprint density at radius 2 is 0.266 bits per heavy atom. The molecule has 0 fully saturated rings. The summed E-state index contributed by atoms with van der Waals surface area (Å²) < 4.78 is 0. The fourth-order valence-electron chi connectivity index (χ4n) is 20.5. The molecular formula is C128H82.